The Bertz CT molecular complexity index is 1540. The monoisotopic (exact) mass is 660 g/mol. The number of benzene rings is 2. The van der Waals surface area contributed by atoms with Crippen LogP contribution in [0.2, 0.25) is 0 Å². The number of carbonyl (C=O) groups is 4. The average molecular weight is 661 g/mol. The number of ether oxygens (including phenoxy) is 2. The molecule has 13 heteroatoms. The van der Waals surface area contributed by atoms with Gasteiger partial charge in [-0.2, -0.15) is 0 Å². The van der Waals surface area contributed by atoms with Crippen molar-refractivity contribution in [2.45, 2.75) is 65.1 Å². The van der Waals surface area contributed by atoms with Gasteiger partial charge in [0.25, 0.3) is 5.91 Å². The summed E-state index contributed by atoms with van der Waals surface area (Å²) in [7, 11) is 0. The molecule has 2 atom stereocenters. The van der Waals surface area contributed by atoms with Crippen LogP contribution in [0.4, 0.5) is 10.6 Å². The molecule has 2 N–H and O–H groups in total. The smallest absolute Gasteiger partial charge is 0.460 e. The third-order valence-electron chi connectivity index (χ3n) is 7.33. The summed E-state index contributed by atoms with van der Waals surface area (Å²) in [5, 5.41) is 7.61. The van der Waals surface area contributed by atoms with Crippen molar-refractivity contribution in [3.8, 4) is 11.4 Å². The number of nitrogens with one attached hydrogen (secondary N) is 2. The van der Waals surface area contributed by atoms with Gasteiger partial charge in [0.2, 0.25) is 5.91 Å². The van der Waals surface area contributed by atoms with E-state index in [4.69, 9.17) is 14.3 Å². The first-order chi connectivity index (χ1) is 22.9. The van der Waals surface area contributed by atoms with E-state index in [1.807, 2.05) is 67.6 Å². The lowest BCUT2D eigenvalue weighted by Gasteiger charge is -2.35. The number of anilines is 1. The van der Waals surface area contributed by atoms with E-state index in [0.717, 1.165) is 5.56 Å². The lowest BCUT2D eigenvalue weighted by Crippen LogP contribution is -2.55. The van der Waals surface area contributed by atoms with E-state index >= 15 is 0 Å². The highest BCUT2D eigenvalue weighted by Crippen LogP contribution is 2.22. The molecule has 13 nitrogen and oxygen atoms in total. The number of amides is 2. The van der Waals surface area contributed by atoms with Gasteiger partial charge in [0.1, 0.15) is 23.2 Å². The molecule has 2 aromatic carbocycles. The molecule has 1 aliphatic heterocycles. The third-order valence-corrected chi connectivity index (χ3v) is 7.33. The summed E-state index contributed by atoms with van der Waals surface area (Å²) in [5.74, 6) is -0.704. The summed E-state index contributed by atoms with van der Waals surface area (Å²) >= 11 is 0. The Morgan fingerprint density at radius 3 is 2.19 bits per heavy atom. The molecular formula is C35H44N6O7. The molecule has 2 amide bonds. The molecule has 0 spiro atoms. The SMILES string of the molecule is CCOC(=O)ON1CCN(C(=O)[C@H](CCC(=O)OC(C)(C)C)NC(=O)c2cc(N[C@@H](C)c3ccccc3)nc(-c3ccccc3)n2)CC1. The minimum Gasteiger partial charge on any atom is -0.460 e. The molecule has 0 radical (unpaired) electrons. The van der Waals surface area contributed by atoms with E-state index < -0.39 is 29.7 Å². The number of hydrogen-bond acceptors (Lipinski definition) is 11. The minimum atomic E-state index is -1.06. The summed E-state index contributed by atoms with van der Waals surface area (Å²) in [6.07, 6.45) is -0.905. The normalized spacial score (nSPS) is 14.7. The molecule has 0 aliphatic carbocycles. The van der Waals surface area contributed by atoms with Gasteiger partial charge in [-0.25, -0.2) is 14.8 Å². The Morgan fingerprint density at radius 1 is 0.917 bits per heavy atom. The number of rotatable bonds is 12. The maximum atomic E-state index is 13.8. The maximum Gasteiger partial charge on any atom is 0.527 e. The van der Waals surface area contributed by atoms with Gasteiger partial charge in [-0.15, -0.1) is 5.06 Å². The van der Waals surface area contributed by atoms with Gasteiger partial charge >= 0.3 is 12.1 Å². The molecule has 2 heterocycles. The minimum absolute atomic E-state index is 0.00576. The van der Waals surface area contributed by atoms with Gasteiger partial charge < -0.3 is 29.8 Å². The number of hydroxylamine groups is 2. The van der Waals surface area contributed by atoms with E-state index in [9.17, 15) is 19.2 Å². The summed E-state index contributed by atoms with van der Waals surface area (Å²) in [4.78, 5) is 68.0. The van der Waals surface area contributed by atoms with Crippen molar-refractivity contribution in [1.29, 1.82) is 0 Å². The molecule has 1 aliphatic rings. The van der Waals surface area contributed by atoms with Crippen LogP contribution < -0.4 is 10.6 Å². The van der Waals surface area contributed by atoms with E-state index in [1.54, 1.807) is 38.7 Å². The topological polar surface area (TPSA) is 152 Å². The Labute approximate surface area is 280 Å². The number of aromatic nitrogens is 2. The van der Waals surface area contributed by atoms with E-state index in [0.29, 0.717) is 17.2 Å². The highest BCUT2D eigenvalue weighted by atomic mass is 16.8. The largest absolute Gasteiger partial charge is 0.527 e. The zero-order valence-electron chi connectivity index (χ0n) is 28.1. The Balaban J connectivity index is 1.55. The first kappa shape index (κ1) is 35.8. The molecule has 1 aromatic heterocycles. The van der Waals surface area contributed by atoms with Crippen molar-refractivity contribution < 1.29 is 33.5 Å². The molecule has 48 heavy (non-hydrogen) atoms. The van der Waals surface area contributed by atoms with Crippen LogP contribution in [-0.2, 0) is 23.9 Å². The van der Waals surface area contributed by atoms with Gasteiger partial charge in [0, 0.05) is 37.2 Å². The summed E-state index contributed by atoms with van der Waals surface area (Å²) in [6.45, 7) is 10.1. The first-order valence-corrected chi connectivity index (χ1v) is 16.1. The molecule has 0 saturated carbocycles. The van der Waals surface area contributed by atoms with Gasteiger partial charge in [0.15, 0.2) is 5.82 Å². The number of esters is 1. The lowest BCUT2D eigenvalue weighted by molar-refractivity contribution is -0.158. The molecule has 0 unspecified atom stereocenters. The number of piperazine rings is 1. The summed E-state index contributed by atoms with van der Waals surface area (Å²) < 4.78 is 10.3. The predicted molar refractivity (Wildman–Crippen MR) is 179 cm³/mol. The Kier molecular flexibility index (Phi) is 12.4. The third kappa shape index (κ3) is 10.8. The van der Waals surface area contributed by atoms with Crippen LogP contribution in [0.1, 0.15) is 69.6 Å². The quantitative estimate of drug-likeness (QED) is 0.259. The van der Waals surface area contributed by atoms with Crippen LogP contribution in [0.15, 0.2) is 66.7 Å². The van der Waals surface area contributed by atoms with Crippen molar-refractivity contribution in [2.24, 2.45) is 0 Å². The van der Waals surface area contributed by atoms with Crippen molar-refractivity contribution >= 4 is 29.8 Å². The van der Waals surface area contributed by atoms with Crippen molar-refractivity contribution in [1.82, 2.24) is 25.2 Å². The van der Waals surface area contributed by atoms with E-state index in [-0.39, 0.29) is 63.3 Å². The van der Waals surface area contributed by atoms with E-state index in [1.165, 1.54) is 5.06 Å². The van der Waals surface area contributed by atoms with Crippen LogP contribution in [0.25, 0.3) is 11.4 Å². The molecule has 1 fully saturated rings. The van der Waals surface area contributed by atoms with Crippen LogP contribution in [0.3, 0.4) is 0 Å². The summed E-state index contributed by atoms with van der Waals surface area (Å²) in [5.41, 5.74) is 1.09. The van der Waals surface area contributed by atoms with E-state index in [2.05, 4.69) is 20.6 Å². The van der Waals surface area contributed by atoms with Crippen LogP contribution >= 0.6 is 0 Å². The molecular weight excluding hydrogens is 616 g/mol. The highest BCUT2D eigenvalue weighted by molar-refractivity contribution is 5.97. The second-order valence-corrected chi connectivity index (χ2v) is 12.3. The zero-order chi connectivity index (χ0) is 34.7. The fourth-order valence-electron chi connectivity index (χ4n) is 5.01. The van der Waals surface area contributed by atoms with Gasteiger partial charge in [-0.1, -0.05) is 60.7 Å². The van der Waals surface area contributed by atoms with Crippen molar-refractivity contribution in [3.05, 3.63) is 78.0 Å². The number of hydrogen-bond donors (Lipinski definition) is 2. The Morgan fingerprint density at radius 2 is 1.56 bits per heavy atom. The standard InChI is InChI=1S/C35H44N6O7/c1-6-46-34(45)48-41-21-19-40(20-22-41)33(44)27(17-18-30(42)47-35(3,4)5)38-32(43)28-23-29(36-24(2)25-13-9-7-10-14-25)39-31(37-28)26-15-11-8-12-16-26/h7-16,23-24,27H,6,17-22H2,1-5H3,(H,38,43)(H,36,37,39)/t24-,27-/m0/s1. The molecule has 3 aromatic rings. The number of carbonyl (C=O) groups excluding carboxylic acids is 4. The Hall–Kier alpha value is -5.04. The molecule has 4 rings (SSSR count). The fourth-order valence-corrected chi connectivity index (χ4v) is 5.01. The molecule has 1 saturated heterocycles. The van der Waals surface area contributed by atoms with Gasteiger partial charge in [0.05, 0.1) is 19.7 Å². The zero-order valence-corrected chi connectivity index (χ0v) is 28.1. The fraction of sp³-hybridized carbons (Fsp3) is 0.429. The van der Waals surface area contributed by atoms with Gasteiger partial charge in [-0.05, 0) is 46.6 Å². The molecule has 0 bridgehead atoms. The first-order valence-electron chi connectivity index (χ1n) is 16.1. The van der Waals surface area contributed by atoms with Crippen LogP contribution in [0.5, 0.6) is 0 Å². The predicted octanol–water partition coefficient (Wildman–Crippen LogP) is 4.77. The summed E-state index contributed by atoms with van der Waals surface area (Å²) in [6, 6.07) is 19.5. The average Bonchev–Trinajstić information content (AvgIpc) is 3.06. The maximum absolute atomic E-state index is 13.8. The highest BCUT2D eigenvalue weighted by Gasteiger charge is 2.32. The molecule has 256 valence electrons. The lowest BCUT2D eigenvalue weighted by atomic mass is 10.1. The second-order valence-electron chi connectivity index (χ2n) is 12.3. The van der Waals surface area contributed by atoms with Crippen molar-refractivity contribution in [2.75, 3.05) is 38.1 Å². The van der Waals surface area contributed by atoms with Crippen LogP contribution in [0, 0.1) is 0 Å². The van der Waals surface area contributed by atoms with Crippen LogP contribution in [-0.4, -0.2) is 88.3 Å². The van der Waals surface area contributed by atoms with Crippen molar-refractivity contribution in [3.63, 3.8) is 0 Å². The second kappa shape index (κ2) is 16.7. The number of nitrogens with zero attached hydrogens (tertiary/aromatic N) is 4. The van der Waals surface area contributed by atoms with Gasteiger partial charge in [-0.3, -0.25) is 14.4 Å².